The molecule has 0 amide bonds. The van der Waals surface area contributed by atoms with Gasteiger partial charge in [-0.25, -0.2) is 15.0 Å². The van der Waals surface area contributed by atoms with Gasteiger partial charge in [-0.15, -0.1) is 10.2 Å². The van der Waals surface area contributed by atoms with Crippen molar-refractivity contribution in [3.63, 3.8) is 0 Å². The molecule has 0 radical (unpaired) electrons. The zero-order chi connectivity index (χ0) is 19.1. The van der Waals surface area contributed by atoms with Gasteiger partial charge in [0.1, 0.15) is 17.8 Å². The zero-order valence-corrected chi connectivity index (χ0v) is 16.2. The maximum Gasteiger partial charge on any atom is 0.161 e. The van der Waals surface area contributed by atoms with E-state index in [0.717, 1.165) is 35.1 Å². The fraction of sp³-hybridized carbons (Fsp3) is 0.450. The van der Waals surface area contributed by atoms with Gasteiger partial charge in [0.2, 0.25) is 0 Å². The fourth-order valence-electron chi connectivity index (χ4n) is 4.49. The molecular formula is C20H24N8. The summed E-state index contributed by atoms with van der Waals surface area (Å²) in [4.78, 5) is 16.5. The van der Waals surface area contributed by atoms with Gasteiger partial charge in [0, 0.05) is 24.8 Å². The third kappa shape index (κ3) is 2.63. The molecule has 0 saturated heterocycles. The van der Waals surface area contributed by atoms with Crippen LogP contribution in [0.1, 0.15) is 50.9 Å². The van der Waals surface area contributed by atoms with Crippen LogP contribution in [0.4, 0.5) is 11.6 Å². The summed E-state index contributed by atoms with van der Waals surface area (Å²) < 4.78 is 2.05. The third-order valence-corrected chi connectivity index (χ3v) is 5.84. The maximum absolute atomic E-state index is 5.04. The van der Waals surface area contributed by atoms with Gasteiger partial charge in [0.25, 0.3) is 0 Å². The van der Waals surface area contributed by atoms with Crippen LogP contribution in [0, 0.1) is 0 Å². The van der Waals surface area contributed by atoms with Gasteiger partial charge in [-0.1, -0.05) is 19.8 Å². The smallest absolute Gasteiger partial charge is 0.161 e. The summed E-state index contributed by atoms with van der Waals surface area (Å²) in [6, 6.07) is 4.60. The number of nitrogens with zero attached hydrogens (tertiary/aromatic N) is 7. The van der Waals surface area contributed by atoms with Crippen molar-refractivity contribution in [2.24, 2.45) is 0 Å². The van der Waals surface area contributed by atoms with Crippen molar-refractivity contribution in [1.29, 1.82) is 0 Å². The van der Waals surface area contributed by atoms with E-state index in [9.17, 15) is 0 Å². The lowest BCUT2D eigenvalue weighted by Gasteiger charge is -2.40. The average Bonchev–Trinajstić information content (AvgIpc) is 3.44. The predicted octanol–water partition coefficient (Wildman–Crippen LogP) is 3.37. The van der Waals surface area contributed by atoms with E-state index in [4.69, 9.17) is 4.98 Å². The highest BCUT2D eigenvalue weighted by molar-refractivity contribution is 5.67. The number of aromatic nitrogens is 6. The van der Waals surface area contributed by atoms with E-state index in [0.29, 0.717) is 11.9 Å². The molecule has 1 aliphatic carbocycles. The first-order valence-corrected chi connectivity index (χ1v) is 10.00. The Morgan fingerprint density at radius 1 is 1.21 bits per heavy atom. The molecule has 4 heterocycles. The highest BCUT2D eigenvalue weighted by Crippen LogP contribution is 2.42. The van der Waals surface area contributed by atoms with Crippen LogP contribution in [0.2, 0.25) is 0 Å². The normalized spacial score (nSPS) is 18.8. The van der Waals surface area contributed by atoms with Gasteiger partial charge >= 0.3 is 0 Å². The number of hydrogen-bond donors (Lipinski definition) is 1. The highest BCUT2D eigenvalue weighted by atomic mass is 15.4. The Balaban J connectivity index is 1.67. The van der Waals surface area contributed by atoms with E-state index >= 15 is 0 Å². The fourth-order valence-corrected chi connectivity index (χ4v) is 4.49. The summed E-state index contributed by atoms with van der Waals surface area (Å²) in [5.74, 6) is 3.49. The Morgan fingerprint density at radius 2 is 2.07 bits per heavy atom. The monoisotopic (exact) mass is 376 g/mol. The minimum absolute atomic E-state index is 0.186. The summed E-state index contributed by atoms with van der Waals surface area (Å²) in [5.41, 5.74) is 1.92. The van der Waals surface area contributed by atoms with Crippen LogP contribution < -0.4 is 10.2 Å². The van der Waals surface area contributed by atoms with Crippen LogP contribution in [-0.2, 0) is 0 Å². The summed E-state index contributed by atoms with van der Waals surface area (Å²) in [6.07, 6.45) is 11.4. The second-order valence-corrected chi connectivity index (χ2v) is 7.41. The maximum atomic E-state index is 5.04. The molecule has 1 N–H and O–H groups in total. The van der Waals surface area contributed by atoms with Crippen LogP contribution in [-0.4, -0.2) is 42.8 Å². The van der Waals surface area contributed by atoms with Crippen molar-refractivity contribution in [3.05, 3.63) is 36.7 Å². The number of hydrogen-bond acceptors (Lipinski definition) is 7. The van der Waals surface area contributed by atoms with E-state index in [1.807, 2.05) is 29.9 Å². The Labute approximate surface area is 164 Å². The Morgan fingerprint density at radius 3 is 2.86 bits per heavy atom. The van der Waals surface area contributed by atoms with E-state index in [1.54, 1.807) is 12.5 Å². The van der Waals surface area contributed by atoms with Gasteiger partial charge in [-0.3, -0.25) is 4.57 Å². The van der Waals surface area contributed by atoms with Gasteiger partial charge in [0.15, 0.2) is 17.5 Å². The van der Waals surface area contributed by atoms with Crippen molar-refractivity contribution in [1.82, 2.24) is 29.7 Å². The minimum Gasteiger partial charge on any atom is -0.373 e. The lowest BCUT2D eigenvalue weighted by molar-refractivity contribution is 0.469. The van der Waals surface area contributed by atoms with E-state index in [1.165, 1.54) is 25.7 Å². The van der Waals surface area contributed by atoms with Crippen molar-refractivity contribution < 1.29 is 0 Å². The first-order chi connectivity index (χ1) is 13.8. The topological polar surface area (TPSA) is 84.6 Å². The Hall–Kier alpha value is -3.03. The van der Waals surface area contributed by atoms with Crippen LogP contribution >= 0.6 is 0 Å². The molecule has 8 heteroatoms. The molecule has 1 saturated carbocycles. The molecule has 0 aromatic carbocycles. The number of nitrogens with one attached hydrogen (secondary N) is 1. The summed E-state index contributed by atoms with van der Waals surface area (Å²) in [6.45, 7) is 2.21. The van der Waals surface area contributed by atoms with Crippen LogP contribution in [0.5, 0.6) is 0 Å². The number of pyridine rings is 1. The molecule has 1 unspecified atom stereocenters. The standard InChI is InChI=1S/C20H24N8/c1-3-15-20-26-24-12-27(20)16-11-23-18(13-8-9-22-17(10-13)21-2)25-19(16)28(15)14-6-4-5-7-14/h8-12,14-15H,3-7H2,1-2H3,(H,21,22). The lowest BCUT2D eigenvalue weighted by atomic mass is 10.0. The number of anilines is 2. The van der Waals surface area contributed by atoms with Gasteiger partial charge in [-0.05, 0) is 31.4 Å². The van der Waals surface area contributed by atoms with E-state index < -0.39 is 0 Å². The van der Waals surface area contributed by atoms with Crippen LogP contribution in [0.3, 0.4) is 0 Å². The summed E-state index contributed by atoms with van der Waals surface area (Å²) in [7, 11) is 1.86. The second-order valence-electron chi connectivity index (χ2n) is 7.41. The quantitative estimate of drug-likeness (QED) is 0.747. The third-order valence-electron chi connectivity index (χ3n) is 5.84. The first kappa shape index (κ1) is 17.1. The zero-order valence-electron chi connectivity index (χ0n) is 16.2. The summed E-state index contributed by atoms with van der Waals surface area (Å²) in [5, 5.41) is 11.7. The molecule has 5 rings (SSSR count). The molecule has 0 bridgehead atoms. The molecule has 0 spiro atoms. The molecule has 8 nitrogen and oxygen atoms in total. The van der Waals surface area contributed by atoms with E-state index in [2.05, 4.69) is 37.3 Å². The molecule has 28 heavy (non-hydrogen) atoms. The SMILES string of the molecule is CCC1c2nncn2-c2cnc(-c3ccnc(NC)c3)nc2N1C1CCCC1. The number of rotatable bonds is 4. The molecule has 1 fully saturated rings. The average molecular weight is 376 g/mol. The summed E-state index contributed by atoms with van der Waals surface area (Å²) >= 11 is 0. The van der Waals surface area contributed by atoms with Crippen molar-refractivity contribution in [3.8, 4) is 17.1 Å². The lowest BCUT2D eigenvalue weighted by Crippen LogP contribution is -2.42. The molecule has 1 aliphatic heterocycles. The Bertz CT molecular complexity index is 991. The second kappa shape index (κ2) is 6.85. The molecule has 2 aliphatic rings. The highest BCUT2D eigenvalue weighted by Gasteiger charge is 2.38. The van der Waals surface area contributed by atoms with Crippen molar-refractivity contribution >= 4 is 11.6 Å². The van der Waals surface area contributed by atoms with Crippen molar-refractivity contribution in [2.75, 3.05) is 17.3 Å². The first-order valence-electron chi connectivity index (χ1n) is 10.00. The van der Waals surface area contributed by atoms with Gasteiger partial charge in [0.05, 0.1) is 12.2 Å². The van der Waals surface area contributed by atoms with Gasteiger partial charge < -0.3 is 10.2 Å². The number of fused-ring (bicyclic) bond motifs is 3. The largest absolute Gasteiger partial charge is 0.373 e. The Kier molecular flexibility index (Phi) is 4.18. The van der Waals surface area contributed by atoms with Crippen molar-refractivity contribution in [2.45, 2.75) is 51.1 Å². The van der Waals surface area contributed by atoms with Crippen LogP contribution in [0.25, 0.3) is 17.1 Å². The molecule has 3 aromatic rings. The molecular weight excluding hydrogens is 352 g/mol. The van der Waals surface area contributed by atoms with Gasteiger partial charge in [-0.2, -0.15) is 0 Å². The van der Waals surface area contributed by atoms with E-state index in [-0.39, 0.29) is 6.04 Å². The molecule has 3 aromatic heterocycles. The molecule has 144 valence electrons. The van der Waals surface area contributed by atoms with Crippen LogP contribution in [0.15, 0.2) is 30.9 Å². The minimum atomic E-state index is 0.186. The predicted molar refractivity (Wildman–Crippen MR) is 107 cm³/mol. The molecule has 1 atom stereocenters.